The maximum atomic E-state index is 3.63. The Morgan fingerprint density at radius 1 is 1.00 bits per heavy atom. The molecule has 0 spiro atoms. The van der Waals surface area contributed by atoms with E-state index in [1.165, 1.54) is 24.8 Å². The molecular weight excluding hydrogens is 180 g/mol. The minimum atomic E-state index is 0.991. The molecule has 2 atom stereocenters. The summed E-state index contributed by atoms with van der Waals surface area (Å²) in [7, 11) is 0. The summed E-state index contributed by atoms with van der Waals surface area (Å²) in [6, 6.07) is 10.0. The first kappa shape index (κ1) is 10.2. The Morgan fingerprint density at radius 3 is 1.87 bits per heavy atom. The van der Waals surface area contributed by atoms with E-state index < -0.39 is 0 Å². The highest BCUT2D eigenvalue weighted by Gasteiger charge is 2.25. The SMILES string of the molecule is C1=CC2CCC1C2.C=Cc1ccccc1. The lowest BCUT2D eigenvalue weighted by atomic mass is 10.1. The quantitative estimate of drug-likeness (QED) is 0.590. The number of benzene rings is 1. The van der Waals surface area contributed by atoms with Crippen LogP contribution in [-0.4, -0.2) is 0 Å². The largest absolute Gasteiger partial charge is 0.0985 e. The molecule has 2 unspecified atom stereocenters. The van der Waals surface area contributed by atoms with Gasteiger partial charge in [-0.05, 0) is 36.7 Å². The first-order chi connectivity index (χ1) is 7.38. The first-order valence-corrected chi connectivity index (χ1v) is 5.74. The summed E-state index contributed by atoms with van der Waals surface area (Å²) in [6.07, 6.45) is 11.0. The van der Waals surface area contributed by atoms with E-state index in [0.29, 0.717) is 0 Å². The van der Waals surface area contributed by atoms with E-state index in [-0.39, 0.29) is 0 Å². The Balaban J connectivity index is 0.000000114. The molecule has 1 aromatic rings. The zero-order valence-electron chi connectivity index (χ0n) is 9.10. The predicted octanol–water partition coefficient (Wildman–Crippen LogP) is 4.30. The molecule has 0 N–H and O–H groups in total. The van der Waals surface area contributed by atoms with Gasteiger partial charge in [0, 0.05) is 0 Å². The van der Waals surface area contributed by atoms with Crippen molar-refractivity contribution < 1.29 is 0 Å². The number of rotatable bonds is 1. The number of allylic oxidation sites excluding steroid dienone is 2. The minimum absolute atomic E-state index is 0.991. The van der Waals surface area contributed by atoms with Crippen LogP contribution in [0.5, 0.6) is 0 Å². The minimum Gasteiger partial charge on any atom is -0.0985 e. The molecule has 0 aromatic heterocycles. The van der Waals surface area contributed by atoms with Crippen LogP contribution in [-0.2, 0) is 0 Å². The fourth-order valence-corrected chi connectivity index (χ4v) is 2.31. The molecule has 0 nitrogen and oxygen atoms in total. The summed E-state index contributed by atoms with van der Waals surface area (Å²) in [4.78, 5) is 0. The van der Waals surface area contributed by atoms with Gasteiger partial charge in [0.1, 0.15) is 0 Å². The number of fused-ring (bicyclic) bond motifs is 2. The van der Waals surface area contributed by atoms with Crippen LogP contribution in [0, 0.1) is 11.8 Å². The average molecular weight is 198 g/mol. The van der Waals surface area contributed by atoms with Crippen molar-refractivity contribution in [1.82, 2.24) is 0 Å². The van der Waals surface area contributed by atoms with Crippen molar-refractivity contribution in [3.63, 3.8) is 0 Å². The van der Waals surface area contributed by atoms with Crippen molar-refractivity contribution in [1.29, 1.82) is 0 Å². The van der Waals surface area contributed by atoms with Crippen LogP contribution < -0.4 is 0 Å². The van der Waals surface area contributed by atoms with Gasteiger partial charge in [-0.3, -0.25) is 0 Å². The lowest BCUT2D eigenvalue weighted by Gasteiger charge is -1.96. The van der Waals surface area contributed by atoms with E-state index in [4.69, 9.17) is 0 Å². The van der Waals surface area contributed by atoms with Gasteiger partial charge >= 0.3 is 0 Å². The monoisotopic (exact) mass is 198 g/mol. The molecule has 0 heteroatoms. The van der Waals surface area contributed by atoms with E-state index in [2.05, 4.69) is 18.7 Å². The summed E-state index contributed by atoms with van der Waals surface area (Å²) in [5.74, 6) is 1.98. The molecule has 78 valence electrons. The van der Waals surface area contributed by atoms with E-state index in [1.807, 2.05) is 36.4 Å². The zero-order chi connectivity index (χ0) is 10.5. The molecule has 0 heterocycles. The molecule has 1 fully saturated rings. The van der Waals surface area contributed by atoms with Gasteiger partial charge in [-0.1, -0.05) is 55.1 Å². The molecule has 0 aliphatic heterocycles. The third-order valence-electron chi connectivity index (χ3n) is 3.20. The zero-order valence-corrected chi connectivity index (χ0v) is 9.10. The molecule has 1 saturated carbocycles. The maximum absolute atomic E-state index is 3.63. The lowest BCUT2D eigenvalue weighted by Crippen LogP contribution is -1.82. The van der Waals surface area contributed by atoms with Gasteiger partial charge in [0.2, 0.25) is 0 Å². The molecule has 0 amide bonds. The molecule has 1 aromatic carbocycles. The van der Waals surface area contributed by atoms with E-state index in [0.717, 1.165) is 11.8 Å². The van der Waals surface area contributed by atoms with Crippen molar-refractivity contribution in [2.24, 2.45) is 11.8 Å². The van der Waals surface area contributed by atoms with Gasteiger partial charge in [-0.25, -0.2) is 0 Å². The fourth-order valence-electron chi connectivity index (χ4n) is 2.31. The molecule has 2 bridgehead atoms. The molecular formula is C15H18. The maximum Gasteiger partial charge on any atom is -0.0228 e. The summed E-state index contributed by atoms with van der Waals surface area (Å²) < 4.78 is 0. The van der Waals surface area contributed by atoms with Crippen molar-refractivity contribution >= 4 is 6.08 Å². The molecule has 3 rings (SSSR count). The topological polar surface area (TPSA) is 0 Å². The second-order valence-electron chi connectivity index (χ2n) is 4.33. The third kappa shape index (κ3) is 2.82. The van der Waals surface area contributed by atoms with Gasteiger partial charge < -0.3 is 0 Å². The molecule has 0 saturated heterocycles. The van der Waals surface area contributed by atoms with Crippen LogP contribution >= 0.6 is 0 Å². The summed E-state index contributed by atoms with van der Waals surface area (Å²) in [5, 5.41) is 0. The van der Waals surface area contributed by atoms with Crippen LogP contribution in [0.15, 0.2) is 49.1 Å². The highest BCUT2D eigenvalue weighted by molar-refractivity contribution is 5.45. The van der Waals surface area contributed by atoms with Crippen molar-refractivity contribution in [2.75, 3.05) is 0 Å². The van der Waals surface area contributed by atoms with Gasteiger partial charge in [0.05, 0.1) is 0 Å². The van der Waals surface area contributed by atoms with Gasteiger partial charge in [0.15, 0.2) is 0 Å². The Morgan fingerprint density at radius 2 is 1.60 bits per heavy atom. The fraction of sp³-hybridized carbons (Fsp3) is 0.333. The standard InChI is InChI=1S/C8H8.C7H10/c1-2-8-6-4-3-5-7-8;1-2-7-4-3-6(1)5-7/h2-7H,1H2;1-2,6-7H,3-5H2. The number of hydrogen-bond acceptors (Lipinski definition) is 0. The Bertz CT molecular complexity index is 322. The van der Waals surface area contributed by atoms with Crippen LogP contribution in [0.25, 0.3) is 6.08 Å². The van der Waals surface area contributed by atoms with Crippen molar-refractivity contribution in [2.45, 2.75) is 19.3 Å². The van der Waals surface area contributed by atoms with Crippen LogP contribution in [0.2, 0.25) is 0 Å². The van der Waals surface area contributed by atoms with Crippen LogP contribution in [0.4, 0.5) is 0 Å². The van der Waals surface area contributed by atoms with Gasteiger partial charge in [0.25, 0.3) is 0 Å². The highest BCUT2D eigenvalue weighted by Crippen LogP contribution is 2.38. The van der Waals surface area contributed by atoms with Crippen LogP contribution in [0.1, 0.15) is 24.8 Å². The lowest BCUT2D eigenvalue weighted by molar-refractivity contribution is 0.691. The van der Waals surface area contributed by atoms with Crippen molar-refractivity contribution in [3.8, 4) is 0 Å². The van der Waals surface area contributed by atoms with E-state index >= 15 is 0 Å². The predicted molar refractivity (Wildman–Crippen MR) is 66.5 cm³/mol. The molecule has 0 radical (unpaired) electrons. The Labute approximate surface area is 92.3 Å². The summed E-state index contributed by atoms with van der Waals surface area (Å²) in [6.45, 7) is 3.63. The first-order valence-electron chi connectivity index (χ1n) is 5.74. The molecule has 15 heavy (non-hydrogen) atoms. The smallest absolute Gasteiger partial charge is 0.0228 e. The second-order valence-corrected chi connectivity index (χ2v) is 4.33. The second kappa shape index (κ2) is 4.97. The number of hydrogen-bond donors (Lipinski definition) is 0. The molecule has 2 aliphatic rings. The molecule has 2 aliphatic carbocycles. The summed E-state index contributed by atoms with van der Waals surface area (Å²) >= 11 is 0. The Kier molecular flexibility index (Phi) is 3.39. The normalized spacial score (nSPS) is 25.9. The van der Waals surface area contributed by atoms with Crippen LogP contribution in [0.3, 0.4) is 0 Å². The highest BCUT2D eigenvalue weighted by atomic mass is 14.3. The van der Waals surface area contributed by atoms with Crippen molar-refractivity contribution in [3.05, 3.63) is 54.6 Å². The average Bonchev–Trinajstić information content (AvgIpc) is 2.95. The van der Waals surface area contributed by atoms with Gasteiger partial charge in [-0.2, -0.15) is 0 Å². The third-order valence-corrected chi connectivity index (χ3v) is 3.20. The summed E-state index contributed by atoms with van der Waals surface area (Å²) in [5.41, 5.74) is 1.17. The Hall–Kier alpha value is -1.30. The van der Waals surface area contributed by atoms with Gasteiger partial charge in [-0.15, -0.1) is 0 Å². The van der Waals surface area contributed by atoms with E-state index in [1.54, 1.807) is 0 Å². The van der Waals surface area contributed by atoms with E-state index in [9.17, 15) is 0 Å².